The lowest BCUT2D eigenvalue weighted by Crippen LogP contribution is -2.52. The largest absolute Gasteiger partial charge is 0.486 e. The highest BCUT2D eigenvalue weighted by Crippen LogP contribution is 2.49. The molecule has 1 amide bonds. The fourth-order valence-electron chi connectivity index (χ4n) is 4.86. The molecule has 2 fully saturated rings. The first kappa shape index (κ1) is 19.7. The fourth-order valence-corrected chi connectivity index (χ4v) is 4.86. The van der Waals surface area contributed by atoms with Gasteiger partial charge < -0.3 is 19.5 Å². The van der Waals surface area contributed by atoms with Crippen LogP contribution in [0, 0.1) is 11.8 Å². The summed E-state index contributed by atoms with van der Waals surface area (Å²) in [6, 6.07) is 5.67. The number of carbonyl (C=O) groups is 3. The predicted octanol–water partition coefficient (Wildman–Crippen LogP) is 3.47. The Balaban J connectivity index is 1.61. The van der Waals surface area contributed by atoms with Gasteiger partial charge in [0.1, 0.15) is 11.4 Å². The average molecular weight is 401 g/mol. The molecule has 0 aromatic heterocycles. The van der Waals surface area contributed by atoms with Crippen molar-refractivity contribution in [1.29, 1.82) is 0 Å². The predicted molar refractivity (Wildman–Crippen MR) is 104 cm³/mol. The summed E-state index contributed by atoms with van der Waals surface area (Å²) in [4.78, 5) is 37.5. The Morgan fingerprint density at radius 1 is 1.28 bits per heavy atom. The van der Waals surface area contributed by atoms with Crippen LogP contribution in [0.3, 0.4) is 0 Å². The van der Waals surface area contributed by atoms with Crippen LogP contribution in [0.4, 0.5) is 4.79 Å². The molecule has 1 saturated carbocycles. The number of methoxy groups -OCH3 is 1. The number of amides is 1. The van der Waals surface area contributed by atoms with Crippen LogP contribution >= 0.6 is 0 Å². The maximum atomic E-state index is 12.8. The van der Waals surface area contributed by atoms with Crippen molar-refractivity contribution < 1.29 is 29.0 Å². The Hall–Kier alpha value is -2.57. The van der Waals surface area contributed by atoms with Crippen LogP contribution in [0.25, 0.3) is 0 Å². The number of nitrogens with zero attached hydrogens (tertiary/aromatic N) is 1. The van der Waals surface area contributed by atoms with E-state index in [1.165, 1.54) is 12.0 Å². The fraction of sp³-hybridized carbons (Fsp3) is 0.591. The molecule has 1 saturated heterocycles. The molecule has 2 atom stereocenters. The van der Waals surface area contributed by atoms with Crippen LogP contribution < -0.4 is 4.74 Å². The first-order chi connectivity index (χ1) is 13.8. The molecule has 7 nitrogen and oxygen atoms in total. The molecule has 3 aliphatic rings. The van der Waals surface area contributed by atoms with E-state index in [0.29, 0.717) is 43.2 Å². The number of likely N-dealkylation sites (tertiary alicyclic amines) is 1. The van der Waals surface area contributed by atoms with Gasteiger partial charge in [0.25, 0.3) is 0 Å². The minimum atomic E-state index is -0.936. The maximum absolute atomic E-state index is 12.8. The van der Waals surface area contributed by atoms with E-state index in [1.54, 1.807) is 0 Å². The molecule has 29 heavy (non-hydrogen) atoms. The third kappa shape index (κ3) is 3.70. The molecule has 0 unspecified atom stereocenters. The quantitative estimate of drug-likeness (QED) is 0.777. The van der Waals surface area contributed by atoms with Crippen LogP contribution in [0.15, 0.2) is 18.2 Å². The second kappa shape index (κ2) is 7.35. The van der Waals surface area contributed by atoms with Gasteiger partial charge in [0.05, 0.1) is 25.0 Å². The molecule has 1 aromatic carbocycles. The Labute approximate surface area is 170 Å². The zero-order valence-corrected chi connectivity index (χ0v) is 16.8. The number of rotatable bonds is 4. The Kier molecular flexibility index (Phi) is 5.00. The monoisotopic (exact) mass is 401 g/mol. The highest BCUT2D eigenvalue weighted by atomic mass is 16.5. The molecule has 1 aliphatic carbocycles. The molecule has 2 aliphatic heterocycles. The number of carbonyl (C=O) groups excluding carboxylic acids is 2. The number of fused-ring (bicyclic) bond motifs is 1. The Bertz CT molecular complexity index is 838. The lowest BCUT2D eigenvalue weighted by molar-refractivity contribution is -0.145. The SMILES string of the molecule is COC(=O)[C@@H](C)[C@H](c1ccc2c(c1)OC1(CCN(C(=O)O)CC1)CC2=O)C1CC1. The number of piperidine rings is 1. The molecule has 1 aromatic rings. The van der Waals surface area contributed by atoms with Gasteiger partial charge in [-0.15, -0.1) is 0 Å². The van der Waals surface area contributed by atoms with Crippen LogP contribution in [0.5, 0.6) is 5.75 Å². The van der Waals surface area contributed by atoms with Crippen molar-refractivity contribution >= 4 is 17.8 Å². The number of benzene rings is 1. The van der Waals surface area contributed by atoms with Crippen LogP contribution in [-0.4, -0.2) is 53.7 Å². The van der Waals surface area contributed by atoms with Gasteiger partial charge in [0, 0.05) is 25.9 Å². The second-order valence-electron chi connectivity index (χ2n) is 8.59. The normalized spacial score (nSPS) is 22.4. The molecule has 156 valence electrons. The standard InChI is InChI=1S/C22H27NO6/c1-13(20(25)28-2)19(14-3-4-14)15-5-6-16-17(24)12-22(29-18(16)11-15)7-9-23(10-8-22)21(26)27/h5-6,11,13-14,19H,3-4,7-10,12H2,1-2H3,(H,26,27)/t13-,19-/m0/s1. The maximum Gasteiger partial charge on any atom is 0.407 e. The number of Topliss-reactive ketones (excluding diaryl/α,β-unsaturated/α-hetero) is 1. The van der Waals surface area contributed by atoms with E-state index in [9.17, 15) is 19.5 Å². The molecule has 4 rings (SSSR count). The summed E-state index contributed by atoms with van der Waals surface area (Å²) in [6.45, 7) is 2.62. The van der Waals surface area contributed by atoms with Gasteiger partial charge in [-0.25, -0.2) is 4.79 Å². The van der Waals surface area contributed by atoms with Crippen molar-refractivity contribution in [1.82, 2.24) is 4.90 Å². The van der Waals surface area contributed by atoms with Gasteiger partial charge in [-0.05, 0) is 42.4 Å². The van der Waals surface area contributed by atoms with Crippen molar-refractivity contribution in [2.24, 2.45) is 11.8 Å². The molecule has 0 bridgehead atoms. The first-order valence-electron chi connectivity index (χ1n) is 10.3. The average Bonchev–Trinajstić information content (AvgIpc) is 3.52. The minimum absolute atomic E-state index is 0.0329. The molecular formula is C22H27NO6. The lowest BCUT2D eigenvalue weighted by atomic mass is 9.80. The topological polar surface area (TPSA) is 93.1 Å². The van der Waals surface area contributed by atoms with E-state index < -0.39 is 11.7 Å². The summed E-state index contributed by atoms with van der Waals surface area (Å²) in [6.07, 6.45) is 2.50. The summed E-state index contributed by atoms with van der Waals surface area (Å²) < 4.78 is 11.3. The van der Waals surface area contributed by atoms with Crippen molar-refractivity contribution in [3.8, 4) is 5.75 Å². The van der Waals surface area contributed by atoms with Gasteiger partial charge in [-0.3, -0.25) is 9.59 Å². The number of esters is 1. The van der Waals surface area contributed by atoms with Crippen LogP contribution in [-0.2, 0) is 9.53 Å². The molecule has 1 N–H and O–H groups in total. The highest BCUT2D eigenvalue weighted by Gasteiger charge is 2.45. The molecular weight excluding hydrogens is 374 g/mol. The van der Waals surface area contributed by atoms with Crippen LogP contribution in [0.2, 0.25) is 0 Å². The Morgan fingerprint density at radius 3 is 2.55 bits per heavy atom. The van der Waals surface area contributed by atoms with Gasteiger partial charge in [0.15, 0.2) is 5.78 Å². The summed E-state index contributed by atoms with van der Waals surface area (Å²) in [5.41, 5.74) is 0.926. The van der Waals surface area contributed by atoms with Gasteiger partial charge in [0.2, 0.25) is 0 Å². The van der Waals surface area contributed by atoms with Crippen molar-refractivity contribution in [3.63, 3.8) is 0 Å². The molecule has 7 heteroatoms. The summed E-state index contributed by atoms with van der Waals surface area (Å²) >= 11 is 0. The number of hydrogen-bond donors (Lipinski definition) is 1. The van der Waals surface area contributed by atoms with Crippen molar-refractivity contribution in [3.05, 3.63) is 29.3 Å². The zero-order chi connectivity index (χ0) is 20.8. The second-order valence-corrected chi connectivity index (χ2v) is 8.59. The van der Waals surface area contributed by atoms with Crippen molar-refractivity contribution in [2.75, 3.05) is 20.2 Å². The number of ketones is 1. The lowest BCUT2D eigenvalue weighted by Gasteiger charge is -2.43. The zero-order valence-electron chi connectivity index (χ0n) is 16.8. The van der Waals surface area contributed by atoms with E-state index >= 15 is 0 Å². The molecule has 2 heterocycles. The summed E-state index contributed by atoms with van der Waals surface area (Å²) in [7, 11) is 1.41. The highest BCUT2D eigenvalue weighted by molar-refractivity contribution is 6.00. The summed E-state index contributed by atoms with van der Waals surface area (Å²) in [5, 5.41) is 9.19. The van der Waals surface area contributed by atoms with E-state index in [1.807, 2.05) is 25.1 Å². The third-order valence-corrected chi connectivity index (χ3v) is 6.69. The minimum Gasteiger partial charge on any atom is -0.486 e. The number of ether oxygens (including phenoxy) is 2. The number of carboxylic acid groups (broad SMARTS) is 1. The van der Waals surface area contributed by atoms with Gasteiger partial charge in [-0.1, -0.05) is 13.0 Å². The van der Waals surface area contributed by atoms with E-state index in [2.05, 4.69) is 0 Å². The molecule has 1 spiro atoms. The molecule has 0 radical (unpaired) electrons. The summed E-state index contributed by atoms with van der Waals surface area (Å²) in [5.74, 6) is 0.579. The van der Waals surface area contributed by atoms with E-state index in [4.69, 9.17) is 9.47 Å². The van der Waals surface area contributed by atoms with E-state index in [-0.39, 0.29) is 30.0 Å². The number of hydrogen-bond acceptors (Lipinski definition) is 5. The smallest absolute Gasteiger partial charge is 0.407 e. The van der Waals surface area contributed by atoms with E-state index in [0.717, 1.165) is 18.4 Å². The third-order valence-electron chi connectivity index (χ3n) is 6.69. The van der Waals surface area contributed by atoms with Gasteiger partial charge >= 0.3 is 12.1 Å². The van der Waals surface area contributed by atoms with Crippen molar-refractivity contribution in [2.45, 2.75) is 50.5 Å². The Morgan fingerprint density at radius 2 is 1.97 bits per heavy atom. The van der Waals surface area contributed by atoms with Crippen LogP contribution in [0.1, 0.15) is 60.9 Å². The first-order valence-corrected chi connectivity index (χ1v) is 10.3. The van der Waals surface area contributed by atoms with Gasteiger partial charge in [-0.2, -0.15) is 0 Å².